The van der Waals surface area contributed by atoms with Crippen LogP contribution in [0.2, 0.25) is 5.15 Å². The van der Waals surface area contributed by atoms with Crippen molar-refractivity contribution in [3.05, 3.63) is 17.0 Å². The van der Waals surface area contributed by atoms with E-state index in [2.05, 4.69) is 15.2 Å². The van der Waals surface area contributed by atoms with Crippen molar-refractivity contribution >= 4 is 22.5 Å². The monoisotopic (exact) mass is 257 g/mol. The Labute approximate surface area is 105 Å². The quantitative estimate of drug-likeness (QED) is 0.828. The molecule has 0 saturated heterocycles. The summed E-state index contributed by atoms with van der Waals surface area (Å²) in [6, 6.07) is 0. The summed E-state index contributed by atoms with van der Waals surface area (Å²) in [5.74, 6) is 0.410. The number of H-pyrrole nitrogens is 1. The Kier molecular flexibility index (Phi) is 5.18. The third-order valence-corrected chi connectivity index (χ3v) is 2.31. The highest BCUT2D eigenvalue weighted by molar-refractivity contribution is 6.31. The summed E-state index contributed by atoms with van der Waals surface area (Å²) in [4.78, 5) is 3.99. The Morgan fingerprint density at radius 2 is 2.18 bits per heavy atom. The first-order chi connectivity index (χ1) is 8.24. The summed E-state index contributed by atoms with van der Waals surface area (Å²) >= 11 is 5.88. The van der Waals surface area contributed by atoms with Gasteiger partial charge < -0.3 is 9.84 Å². The molecule has 0 saturated carbocycles. The molecule has 6 heteroatoms. The average molecular weight is 258 g/mol. The number of fused-ring (bicyclic) bond motifs is 1. The maximum Gasteiger partial charge on any atom is 0.184 e. The SMILES string of the molecule is CC.Cc1[nH]nc2c(OCCO)c(Cl)ncc12. The molecule has 94 valence electrons. The standard InChI is InChI=1S/C9H10ClN3O2.C2H6/c1-5-6-4-11-9(10)8(15-3-2-14)7(6)13-12-5;1-2/h4,14H,2-3H2,1H3,(H,12,13);1-2H3. The Morgan fingerprint density at radius 3 is 2.82 bits per heavy atom. The Balaban J connectivity index is 0.000000686. The van der Waals surface area contributed by atoms with Crippen molar-refractivity contribution in [1.82, 2.24) is 15.2 Å². The van der Waals surface area contributed by atoms with Gasteiger partial charge in [-0.25, -0.2) is 4.98 Å². The minimum Gasteiger partial charge on any atom is -0.486 e. The Bertz CT molecular complexity index is 485. The molecular formula is C11H16ClN3O2. The first-order valence-corrected chi connectivity index (χ1v) is 5.84. The number of rotatable bonds is 3. The molecule has 2 aromatic heterocycles. The number of aryl methyl sites for hydroxylation is 1. The van der Waals surface area contributed by atoms with Crippen LogP contribution in [0, 0.1) is 6.92 Å². The van der Waals surface area contributed by atoms with Crippen LogP contribution < -0.4 is 4.74 Å². The predicted octanol–water partition coefficient (Wildman–Crippen LogP) is 2.32. The number of aromatic nitrogens is 3. The fourth-order valence-electron chi connectivity index (χ4n) is 1.32. The number of nitrogens with one attached hydrogen (secondary N) is 1. The largest absolute Gasteiger partial charge is 0.486 e. The van der Waals surface area contributed by atoms with Gasteiger partial charge in [0, 0.05) is 17.3 Å². The van der Waals surface area contributed by atoms with Crippen LogP contribution >= 0.6 is 11.6 Å². The molecule has 0 aliphatic carbocycles. The van der Waals surface area contributed by atoms with Crippen molar-refractivity contribution in [2.24, 2.45) is 0 Å². The number of aliphatic hydroxyl groups excluding tert-OH is 1. The predicted molar refractivity (Wildman–Crippen MR) is 67.6 cm³/mol. The second-order valence-electron chi connectivity index (χ2n) is 3.06. The van der Waals surface area contributed by atoms with Gasteiger partial charge in [-0.1, -0.05) is 25.4 Å². The molecule has 2 N–H and O–H groups in total. The van der Waals surface area contributed by atoms with Gasteiger partial charge in [0.25, 0.3) is 0 Å². The number of hydrogen-bond donors (Lipinski definition) is 2. The highest BCUT2D eigenvalue weighted by Gasteiger charge is 2.12. The highest BCUT2D eigenvalue weighted by Crippen LogP contribution is 2.30. The third-order valence-electron chi connectivity index (χ3n) is 2.04. The second kappa shape index (κ2) is 6.42. The molecular weight excluding hydrogens is 242 g/mol. The molecule has 17 heavy (non-hydrogen) atoms. The van der Waals surface area contributed by atoms with E-state index in [-0.39, 0.29) is 18.4 Å². The minimum atomic E-state index is -0.0733. The molecule has 0 amide bonds. The van der Waals surface area contributed by atoms with E-state index in [1.165, 1.54) is 0 Å². The van der Waals surface area contributed by atoms with Crippen molar-refractivity contribution in [2.75, 3.05) is 13.2 Å². The van der Waals surface area contributed by atoms with Gasteiger partial charge in [-0.05, 0) is 6.92 Å². The summed E-state index contributed by atoms with van der Waals surface area (Å²) < 4.78 is 5.29. The van der Waals surface area contributed by atoms with Crippen molar-refractivity contribution in [2.45, 2.75) is 20.8 Å². The van der Waals surface area contributed by atoms with Crippen molar-refractivity contribution in [3.63, 3.8) is 0 Å². The molecule has 0 aromatic carbocycles. The van der Waals surface area contributed by atoms with E-state index in [1.807, 2.05) is 20.8 Å². The van der Waals surface area contributed by atoms with Crippen LogP contribution in [0.4, 0.5) is 0 Å². The number of pyridine rings is 1. The molecule has 0 aliphatic rings. The van der Waals surface area contributed by atoms with Crippen molar-refractivity contribution < 1.29 is 9.84 Å². The zero-order valence-electron chi connectivity index (χ0n) is 10.1. The molecule has 0 bridgehead atoms. The molecule has 0 unspecified atom stereocenters. The van der Waals surface area contributed by atoms with Gasteiger partial charge in [0.2, 0.25) is 0 Å². The lowest BCUT2D eigenvalue weighted by Crippen LogP contribution is -2.03. The summed E-state index contributed by atoms with van der Waals surface area (Å²) in [5, 5.41) is 16.7. The third kappa shape index (κ3) is 2.87. The van der Waals surface area contributed by atoms with Gasteiger partial charge in [0.05, 0.1) is 6.61 Å². The van der Waals surface area contributed by atoms with Crippen LogP contribution in [-0.4, -0.2) is 33.5 Å². The Morgan fingerprint density at radius 1 is 1.47 bits per heavy atom. The van der Waals surface area contributed by atoms with E-state index in [0.717, 1.165) is 11.1 Å². The van der Waals surface area contributed by atoms with Crippen LogP contribution in [0.3, 0.4) is 0 Å². The molecule has 0 spiro atoms. The number of aromatic amines is 1. The zero-order valence-corrected chi connectivity index (χ0v) is 10.9. The van der Waals surface area contributed by atoms with E-state index in [1.54, 1.807) is 6.20 Å². The number of nitrogens with zero attached hydrogens (tertiary/aromatic N) is 2. The number of aliphatic hydroxyl groups is 1. The molecule has 0 fully saturated rings. The maximum atomic E-state index is 8.68. The van der Waals surface area contributed by atoms with E-state index in [0.29, 0.717) is 11.3 Å². The van der Waals surface area contributed by atoms with E-state index in [9.17, 15) is 0 Å². The van der Waals surface area contributed by atoms with Gasteiger partial charge >= 0.3 is 0 Å². The maximum absolute atomic E-state index is 8.68. The summed E-state index contributed by atoms with van der Waals surface area (Å²) in [7, 11) is 0. The van der Waals surface area contributed by atoms with Gasteiger partial charge in [0.1, 0.15) is 12.1 Å². The molecule has 5 nitrogen and oxygen atoms in total. The van der Waals surface area contributed by atoms with E-state index >= 15 is 0 Å². The van der Waals surface area contributed by atoms with Crippen LogP contribution in [0.15, 0.2) is 6.20 Å². The van der Waals surface area contributed by atoms with Crippen molar-refractivity contribution in [3.8, 4) is 5.75 Å². The molecule has 0 radical (unpaired) electrons. The van der Waals surface area contributed by atoms with E-state index in [4.69, 9.17) is 21.4 Å². The van der Waals surface area contributed by atoms with Gasteiger partial charge in [0.15, 0.2) is 10.9 Å². The topological polar surface area (TPSA) is 71.0 Å². The van der Waals surface area contributed by atoms with Gasteiger partial charge in [-0.15, -0.1) is 0 Å². The lowest BCUT2D eigenvalue weighted by Gasteiger charge is -2.05. The normalized spacial score (nSPS) is 9.94. The van der Waals surface area contributed by atoms with E-state index < -0.39 is 0 Å². The molecule has 2 rings (SSSR count). The van der Waals surface area contributed by atoms with Gasteiger partial charge in [-0.2, -0.15) is 5.10 Å². The van der Waals surface area contributed by atoms with Crippen molar-refractivity contribution in [1.29, 1.82) is 0 Å². The first kappa shape index (κ1) is 13.7. The Hall–Kier alpha value is -1.33. The summed E-state index contributed by atoms with van der Waals surface area (Å²) in [5.41, 5.74) is 1.55. The minimum absolute atomic E-state index is 0.0733. The lowest BCUT2D eigenvalue weighted by atomic mass is 10.2. The lowest BCUT2D eigenvalue weighted by molar-refractivity contribution is 0.202. The van der Waals surface area contributed by atoms with Crippen LogP contribution in [0.5, 0.6) is 5.75 Å². The molecule has 0 atom stereocenters. The summed E-state index contributed by atoms with van der Waals surface area (Å²) in [6.07, 6.45) is 1.64. The summed E-state index contributed by atoms with van der Waals surface area (Å²) in [6.45, 7) is 5.99. The first-order valence-electron chi connectivity index (χ1n) is 5.47. The fourth-order valence-corrected chi connectivity index (χ4v) is 1.51. The van der Waals surface area contributed by atoms with Crippen LogP contribution in [0.25, 0.3) is 10.9 Å². The van der Waals surface area contributed by atoms with Crippen LogP contribution in [-0.2, 0) is 0 Å². The highest BCUT2D eigenvalue weighted by atomic mass is 35.5. The number of hydrogen-bond acceptors (Lipinski definition) is 4. The smallest absolute Gasteiger partial charge is 0.184 e. The average Bonchev–Trinajstić information content (AvgIpc) is 2.73. The van der Waals surface area contributed by atoms with Crippen LogP contribution in [0.1, 0.15) is 19.5 Å². The second-order valence-corrected chi connectivity index (χ2v) is 3.42. The number of halogens is 1. The molecule has 2 heterocycles. The zero-order chi connectivity index (χ0) is 12.8. The molecule has 2 aromatic rings. The number of ether oxygens (including phenoxy) is 1. The fraction of sp³-hybridized carbons (Fsp3) is 0.455. The molecule has 0 aliphatic heterocycles. The van der Waals surface area contributed by atoms with Gasteiger partial charge in [-0.3, -0.25) is 5.10 Å².